The van der Waals surface area contributed by atoms with E-state index in [2.05, 4.69) is 15.3 Å². The van der Waals surface area contributed by atoms with Crippen LogP contribution in [0.4, 0.5) is 11.6 Å². The predicted molar refractivity (Wildman–Crippen MR) is 80.6 cm³/mol. The van der Waals surface area contributed by atoms with Crippen LogP contribution in [0.5, 0.6) is 0 Å². The molecule has 20 heavy (non-hydrogen) atoms. The van der Waals surface area contributed by atoms with Crippen LogP contribution in [-0.4, -0.2) is 34.3 Å². The zero-order valence-corrected chi connectivity index (χ0v) is 12.4. The highest BCUT2D eigenvalue weighted by molar-refractivity contribution is 5.59. The first-order valence-electron chi connectivity index (χ1n) is 7.42. The van der Waals surface area contributed by atoms with Gasteiger partial charge in [-0.05, 0) is 32.6 Å². The molecule has 6 heteroatoms. The number of nitrogens with zero attached hydrogens (tertiary/aromatic N) is 3. The van der Waals surface area contributed by atoms with Crippen LogP contribution in [0.25, 0.3) is 0 Å². The third-order valence-corrected chi connectivity index (χ3v) is 3.96. The number of aliphatic hydroxyl groups is 1. The number of hydrogen-bond acceptors (Lipinski definition) is 6. The van der Waals surface area contributed by atoms with Crippen LogP contribution in [0.3, 0.4) is 0 Å². The number of anilines is 2. The summed E-state index contributed by atoms with van der Waals surface area (Å²) < 4.78 is 0. The van der Waals surface area contributed by atoms with Crippen LogP contribution in [0, 0.1) is 6.92 Å². The van der Waals surface area contributed by atoms with Gasteiger partial charge in [-0.2, -0.15) is 0 Å². The SMILES string of the molecule is CCc1nc(NN)c(C)c(N(CCCO)C2CCC2)n1. The van der Waals surface area contributed by atoms with Gasteiger partial charge in [0.15, 0.2) is 0 Å². The third kappa shape index (κ3) is 3.02. The first-order chi connectivity index (χ1) is 9.71. The number of aromatic nitrogens is 2. The highest BCUT2D eigenvalue weighted by Crippen LogP contribution is 2.32. The fourth-order valence-corrected chi connectivity index (χ4v) is 2.53. The lowest BCUT2D eigenvalue weighted by molar-refractivity contribution is 0.282. The molecule has 112 valence electrons. The van der Waals surface area contributed by atoms with E-state index in [1.54, 1.807) is 0 Å². The zero-order chi connectivity index (χ0) is 14.5. The Bertz CT molecular complexity index is 447. The van der Waals surface area contributed by atoms with Crippen molar-refractivity contribution in [3.63, 3.8) is 0 Å². The Morgan fingerprint density at radius 1 is 1.40 bits per heavy atom. The first kappa shape index (κ1) is 15.0. The van der Waals surface area contributed by atoms with Gasteiger partial charge in [-0.1, -0.05) is 6.92 Å². The molecule has 1 fully saturated rings. The van der Waals surface area contributed by atoms with Gasteiger partial charge in [0.2, 0.25) is 0 Å². The molecule has 0 amide bonds. The molecule has 0 saturated heterocycles. The maximum Gasteiger partial charge on any atom is 0.148 e. The van der Waals surface area contributed by atoms with Gasteiger partial charge in [0.25, 0.3) is 0 Å². The second kappa shape index (κ2) is 6.85. The van der Waals surface area contributed by atoms with E-state index in [0.29, 0.717) is 11.9 Å². The Kier molecular flexibility index (Phi) is 5.14. The van der Waals surface area contributed by atoms with Crippen LogP contribution >= 0.6 is 0 Å². The molecule has 1 aromatic heterocycles. The Balaban J connectivity index is 2.34. The molecule has 4 N–H and O–H groups in total. The molecular weight excluding hydrogens is 254 g/mol. The topological polar surface area (TPSA) is 87.3 Å². The number of rotatable bonds is 7. The van der Waals surface area contributed by atoms with E-state index in [1.807, 2.05) is 13.8 Å². The van der Waals surface area contributed by atoms with Gasteiger partial charge in [0, 0.05) is 31.2 Å². The van der Waals surface area contributed by atoms with Gasteiger partial charge in [-0.25, -0.2) is 15.8 Å². The lowest BCUT2D eigenvalue weighted by Crippen LogP contribution is -2.42. The average Bonchev–Trinajstić information content (AvgIpc) is 2.41. The summed E-state index contributed by atoms with van der Waals surface area (Å²) in [4.78, 5) is 11.4. The number of aryl methyl sites for hydroxylation is 1. The van der Waals surface area contributed by atoms with Crippen LogP contribution in [0.2, 0.25) is 0 Å². The number of hydrazine groups is 1. The van der Waals surface area contributed by atoms with Crippen LogP contribution in [0.1, 0.15) is 44.0 Å². The van der Waals surface area contributed by atoms with Crippen LogP contribution < -0.4 is 16.2 Å². The summed E-state index contributed by atoms with van der Waals surface area (Å²) in [6, 6.07) is 0.533. The largest absolute Gasteiger partial charge is 0.396 e. The lowest BCUT2D eigenvalue weighted by Gasteiger charge is -2.39. The Labute approximate surface area is 120 Å². The minimum absolute atomic E-state index is 0.204. The van der Waals surface area contributed by atoms with E-state index in [1.165, 1.54) is 19.3 Å². The average molecular weight is 279 g/mol. The van der Waals surface area contributed by atoms with E-state index in [9.17, 15) is 0 Å². The molecule has 1 aliphatic rings. The molecule has 1 heterocycles. The molecule has 0 aliphatic heterocycles. The van der Waals surface area contributed by atoms with Crippen molar-refractivity contribution in [2.75, 3.05) is 23.5 Å². The fourth-order valence-electron chi connectivity index (χ4n) is 2.53. The van der Waals surface area contributed by atoms with E-state index in [4.69, 9.17) is 15.9 Å². The Hall–Kier alpha value is -1.40. The minimum atomic E-state index is 0.204. The summed E-state index contributed by atoms with van der Waals surface area (Å²) in [5.41, 5.74) is 3.65. The monoisotopic (exact) mass is 279 g/mol. The molecule has 0 unspecified atom stereocenters. The maximum atomic E-state index is 9.11. The molecule has 0 atom stereocenters. The lowest BCUT2D eigenvalue weighted by atomic mass is 9.91. The first-order valence-corrected chi connectivity index (χ1v) is 7.42. The van der Waals surface area contributed by atoms with Crippen molar-refractivity contribution in [1.82, 2.24) is 9.97 Å². The highest BCUT2D eigenvalue weighted by Gasteiger charge is 2.27. The van der Waals surface area contributed by atoms with Crippen molar-refractivity contribution in [3.05, 3.63) is 11.4 Å². The van der Waals surface area contributed by atoms with Crippen molar-refractivity contribution in [2.45, 2.75) is 52.0 Å². The number of aliphatic hydroxyl groups excluding tert-OH is 1. The molecule has 6 nitrogen and oxygen atoms in total. The molecule has 0 bridgehead atoms. The second-order valence-electron chi connectivity index (χ2n) is 5.29. The molecular formula is C14H25N5O. The summed E-state index contributed by atoms with van der Waals surface area (Å²) in [5.74, 6) is 8.02. The predicted octanol–water partition coefficient (Wildman–Crippen LogP) is 1.37. The number of nitrogens with one attached hydrogen (secondary N) is 1. The molecule has 1 saturated carbocycles. The van der Waals surface area contributed by atoms with E-state index in [-0.39, 0.29) is 6.61 Å². The smallest absolute Gasteiger partial charge is 0.148 e. The van der Waals surface area contributed by atoms with Crippen LogP contribution in [0.15, 0.2) is 0 Å². The molecule has 0 radical (unpaired) electrons. The van der Waals surface area contributed by atoms with E-state index in [0.717, 1.165) is 36.6 Å². The quantitative estimate of drug-likeness (QED) is 0.516. The van der Waals surface area contributed by atoms with Crippen molar-refractivity contribution >= 4 is 11.6 Å². The summed E-state index contributed by atoms with van der Waals surface area (Å²) in [6.07, 6.45) is 5.20. The summed E-state index contributed by atoms with van der Waals surface area (Å²) in [6.45, 7) is 5.06. The molecule has 0 aromatic carbocycles. The van der Waals surface area contributed by atoms with Crippen molar-refractivity contribution in [2.24, 2.45) is 5.84 Å². The van der Waals surface area contributed by atoms with E-state index < -0.39 is 0 Å². The number of nitrogens with two attached hydrogens (primary N) is 1. The number of hydrogen-bond donors (Lipinski definition) is 3. The zero-order valence-electron chi connectivity index (χ0n) is 12.4. The van der Waals surface area contributed by atoms with Gasteiger partial charge < -0.3 is 15.4 Å². The van der Waals surface area contributed by atoms with Gasteiger partial charge in [-0.3, -0.25) is 0 Å². The van der Waals surface area contributed by atoms with E-state index >= 15 is 0 Å². The second-order valence-corrected chi connectivity index (χ2v) is 5.29. The normalized spacial score (nSPS) is 15.0. The van der Waals surface area contributed by atoms with Gasteiger partial charge >= 0.3 is 0 Å². The van der Waals surface area contributed by atoms with Crippen molar-refractivity contribution in [3.8, 4) is 0 Å². The summed E-state index contributed by atoms with van der Waals surface area (Å²) in [7, 11) is 0. The maximum absolute atomic E-state index is 9.11. The van der Waals surface area contributed by atoms with Gasteiger partial charge in [-0.15, -0.1) is 0 Å². The van der Waals surface area contributed by atoms with Gasteiger partial charge in [0.1, 0.15) is 17.5 Å². The minimum Gasteiger partial charge on any atom is -0.396 e. The van der Waals surface area contributed by atoms with Gasteiger partial charge in [0.05, 0.1) is 0 Å². The fraction of sp³-hybridized carbons (Fsp3) is 0.714. The Morgan fingerprint density at radius 3 is 2.65 bits per heavy atom. The standard InChI is InChI=1S/C14H25N5O/c1-3-12-16-13(18-15)10(2)14(17-12)19(8-5-9-20)11-6-4-7-11/h11,20H,3-9,15H2,1-2H3,(H,16,17,18). The Morgan fingerprint density at radius 2 is 2.15 bits per heavy atom. The molecule has 1 aliphatic carbocycles. The van der Waals surface area contributed by atoms with Crippen LogP contribution in [-0.2, 0) is 6.42 Å². The van der Waals surface area contributed by atoms with Crippen molar-refractivity contribution in [1.29, 1.82) is 0 Å². The molecule has 0 spiro atoms. The summed E-state index contributed by atoms with van der Waals surface area (Å²) in [5, 5.41) is 9.11. The van der Waals surface area contributed by atoms with Crippen molar-refractivity contribution < 1.29 is 5.11 Å². The molecule has 1 aromatic rings. The number of nitrogen functional groups attached to an aromatic ring is 1. The highest BCUT2D eigenvalue weighted by atomic mass is 16.3. The third-order valence-electron chi connectivity index (χ3n) is 3.96. The summed E-state index contributed by atoms with van der Waals surface area (Å²) >= 11 is 0. The molecule has 2 rings (SSSR count).